The summed E-state index contributed by atoms with van der Waals surface area (Å²) in [4.78, 5) is 12.1. The number of amides is 1. The molecule has 0 aliphatic rings. The summed E-state index contributed by atoms with van der Waals surface area (Å²) in [5, 5.41) is 6.51. The predicted molar refractivity (Wildman–Crippen MR) is 71.1 cm³/mol. The molecule has 3 N–H and O–H groups in total. The molecule has 2 aromatic rings. The third-order valence-electron chi connectivity index (χ3n) is 2.95. The van der Waals surface area contributed by atoms with E-state index in [9.17, 15) is 4.79 Å². The van der Waals surface area contributed by atoms with E-state index < -0.39 is 5.54 Å². The number of benzene rings is 1. The number of nitrogens with one attached hydrogen (secondary N) is 1. The largest absolute Gasteiger partial charge is 0.359 e. The van der Waals surface area contributed by atoms with Crippen LogP contribution in [-0.4, -0.2) is 11.1 Å². The summed E-state index contributed by atoms with van der Waals surface area (Å²) in [6.45, 7) is 3.79. The molecule has 1 aromatic carbocycles. The molecular formula is C14H17N3O2. The minimum Gasteiger partial charge on any atom is -0.359 e. The molecule has 0 fully saturated rings. The normalized spacial score (nSPS) is 13.8. The van der Waals surface area contributed by atoms with Crippen LogP contribution >= 0.6 is 0 Å². The minimum absolute atomic E-state index is 0.257. The second-order valence-corrected chi connectivity index (χ2v) is 4.69. The fourth-order valence-corrected chi connectivity index (χ4v) is 1.77. The Balaban J connectivity index is 2.03. The van der Waals surface area contributed by atoms with Crippen molar-refractivity contribution in [3.8, 4) is 0 Å². The number of hydrogen-bond acceptors (Lipinski definition) is 4. The van der Waals surface area contributed by atoms with Gasteiger partial charge in [0.05, 0.1) is 12.2 Å². The minimum atomic E-state index is -1.07. The fraction of sp³-hybridized carbons (Fsp3) is 0.286. The maximum Gasteiger partial charge on any atom is 0.244 e. The number of aromatic nitrogens is 1. The predicted octanol–water partition coefficient (Wildman–Crippen LogP) is 1.47. The lowest BCUT2D eigenvalue weighted by atomic mass is 9.92. The van der Waals surface area contributed by atoms with Crippen molar-refractivity contribution in [2.24, 2.45) is 5.73 Å². The number of nitrogens with zero attached hydrogens (tertiary/aromatic N) is 1. The lowest BCUT2D eigenvalue weighted by Gasteiger charge is -2.23. The van der Waals surface area contributed by atoms with Crippen molar-refractivity contribution >= 4 is 5.91 Å². The van der Waals surface area contributed by atoms with E-state index in [1.54, 1.807) is 13.0 Å². The summed E-state index contributed by atoms with van der Waals surface area (Å²) in [5.74, 6) is 0.350. The molecule has 100 valence electrons. The first-order valence-electron chi connectivity index (χ1n) is 6.05. The van der Waals surface area contributed by atoms with Gasteiger partial charge in [0.15, 0.2) is 5.76 Å². The molecule has 19 heavy (non-hydrogen) atoms. The summed E-state index contributed by atoms with van der Waals surface area (Å²) in [5.41, 5.74) is 6.57. The molecule has 0 saturated heterocycles. The van der Waals surface area contributed by atoms with Crippen molar-refractivity contribution in [1.82, 2.24) is 10.5 Å². The summed E-state index contributed by atoms with van der Waals surface area (Å²) in [7, 11) is 0. The van der Waals surface area contributed by atoms with Crippen LogP contribution in [0.1, 0.15) is 23.9 Å². The number of rotatable bonds is 4. The Morgan fingerprint density at radius 3 is 2.68 bits per heavy atom. The van der Waals surface area contributed by atoms with E-state index in [2.05, 4.69) is 10.5 Å². The van der Waals surface area contributed by atoms with Crippen molar-refractivity contribution in [1.29, 1.82) is 0 Å². The first-order valence-corrected chi connectivity index (χ1v) is 6.05. The Hall–Kier alpha value is -2.14. The van der Waals surface area contributed by atoms with Gasteiger partial charge in [0.25, 0.3) is 0 Å². The number of aryl methyl sites for hydroxylation is 1. The highest BCUT2D eigenvalue weighted by molar-refractivity contribution is 5.86. The van der Waals surface area contributed by atoms with Crippen molar-refractivity contribution in [2.75, 3.05) is 0 Å². The van der Waals surface area contributed by atoms with Crippen LogP contribution in [0.3, 0.4) is 0 Å². The number of carbonyl (C=O) groups excluding carboxylic acids is 1. The van der Waals surface area contributed by atoms with Crippen molar-refractivity contribution in [2.45, 2.75) is 25.9 Å². The molecule has 1 atom stereocenters. The lowest BCUT2D eigenvalue weighted by Crippen LogP contribution is -2.48. The number of carbonyl (C=O) groups is 1. The van der Waals surface area contributed by atoms with E-state index in [0.717, 1.165) is 11.3 Å². The van der Waals surface area contributed by atoms with E-state index in [1.165, 1.54) is 0 Å². The number of hydrogen-bond donors (Lipinski definition) is 2. The van der Waals surface area contributed by atoms with Crippen LogP contribution in [0, 0.1) is 6.92 Å². The van der Waals surface area contributed by atoms with Crippen molar-refractivity contribution < 1.29 is 9.32 Å². The Kier molecular flexibility index (Phi) is 3.66. The zero-order chi connectivity index (χ0) is 13.9. The van der Waals surface area contributed by atoms with Gasteiger partial charge in [-0.15, -0.1) is 0 Å². The van der Waals surface area contributed by atoms with Crippen LogP contribution in [0.2, 0.25) is 0 Å². The van der Waals surface area contributed by atoms with Gasteiger partial charge in [-0.05, 0) is 19.4 Å². The van der Waals surface area contributed by atoms with E-state index in [-0.39, 0.29) is 12.5 Å². The standard InChI is InChI=1S/C14H17N3O2/c1-10-8-12(19-17-10)9-16-13(18)14(2,15)11-6-4-3-5-7-11/h3-8H,9,15H2,1-2H3,(H,16,18). The average molecular weight is 259 g/mol. The molecule has 0 spiro atoms. The lowest BCUT2D eigenvalue weighted by molar-refractivity contribution is -0.126. The molecule has 5 nitrogen and oxygen atoms in total. The molecule has 0 radical (unpaired) electrons. The molecule has 1 amide bonds. The highest BCUT2D eigenvalue weighted by Crippen LogP contribution is 2.17. The molecule has 0 aliphatic carbocycles. The molecule has 0 saturated carbocycles. The monoisotopic (exact) mass is 259 g/mol. The van der Waals surface area contributed by atoms with Gasteiger partial charge in [0.2, 0.25) is 5.91 Å². The van der Waals surface area contributed by atoms with Crippen LogP contribution in [0.25, 0.3) is 0 Å². The van der Waals surface area contributed by atoms with Gasteiger partial charge in [-0.1, -0.05) is 35.5 Å². The van der Waals surface area contributed by atoms with Gasteiger partial charge < -0.3 is 15.6 Å². The molecule has 1 heterocycles. The van der Waals surface area contributed by atoms with Gasteiger partial charge in [-0.25, -0.2) is 0 Å². The van der Waals surface area contributed by atoms with Crippen molar-refractivity contribution in [3.05, 3.63) is 53.4 Å². The van der Waals surface area contributed by atoms with Crippen LogP contribution in [0.5, 0.6) is 0 Å². The molecular weight excluding hydrogens is 242 g/mol. The first kappa shape index (κ1) is 13.3. The maximum atomic E-state index is 12.1. The Labute approximate surface area is 111 Å². The van der Waals surface area contributed by atoms with Crippen LogP contribution in [0.4, 0.5) is 0 Å². The fourth-order valence-electron chi connectivity index (χ4n) is 1.77. The van der Waals surface area contributed by atoms with E-state index in [1.807, 2.05) is 37.3 Å². The molecule has 1 aromatic heterocycles. The van der Waals surface area contributed by atoms with Crippen molar-refractivity contribution in [3.63, 3.8) is 0 Å². The summed E-state index contributed by atoms with van der Waals surface area (Å²) < 4.78 is 5.03. The molecule has 2 rings (SSSR count). The number of nitrogens with two attached hydrogens (primary N) is 1. The van der Waals surface area contributed by atoms with Gasteiger partial charge in [0.1, 0.15) is 5.54 Å². The smallest absolute Gasteiger partial charge is 0.244 e. The third-order valence-corrected chi connectivity index (χ3v) is 2.95. The molecule has 1 unspecified atom stereocenters. The maximum absolute atomic E-state index is 12.1. The van der Waals surface area contributed by atoms with E-state index in [4.69, 9.17) is 10.3 Å². The highest BCUT2D eigenvalue weighted by atomic mass is 16.5. The zero-order valence-electron chi connectivity index (χ0n) is 11.0. The Bertz CT molecular complexity index is 561. The van der Waals surface area contributed by atoms with Gasteiger partial charge >= 0.3 is 0 Å². The second kappa shape index (κ2) is 5.24. The van der Waals surface area contributed by atoms with E-state index >= 15 is 0 Å². The van der Waals surface area contributed by atoms with Crippen LogP contribution < -0.4 is 11.1 Å². The van der Waals surface area contributed by atoms with Gasteiger partial charge in [-0.3, -0.25) is 4.79 Å². The second-order valence-electron chi connectivity index (χ2n) is 4.69. The third kappa shape index (κ3) is 3.00. The highest BCUT2D eigenvalue weighted by Gasteiger charge is 2.30. The SMILES string of the molecule is Cc1cc(CNC(=O)C(C)(N)c2ccccc2)on1. The Morgan fingerprint density at radius 2 is 2.11 bits per heavy atom. The molecule has 5 heteroatoms. The first-order chi connectivity index (χ1) is 9.00. The van der Waals surface area contributed by atoms with Crippen LogP contribution in [-0.2, 0) is 16.9 Å². The summed E-state index contributed by atoms with van der Waals surface area (Å²) >= 11 is 0. The molecule has 0 bridgehead atoms. The van der Waals surface area contributed by atoms with E-state index in [0.29, 0.717) is 5.76 Å². The van der Waals surface area contributed by atoms with Gasteiger partial charge in [0, 0.05) is 6.07 Å². The quantitative estimate of drug-likeness (QED) is 0.871. The zero-order valence-corrected chi connectivity index (χ0v) is 11.0. The summed E-state index contributed by atoms with van der Waals surface area (Å²) in [6, 6.07) is 11.0. The van der Waals surface area contributed by atoms with Crippen LogP contribution in [0.15, 0.2) is 40.9 Å². The molecule has 0 aliphatic heterocycles. The Morgan fingerprint density at radius 1 is 1.42 bits per heavy atom. The average Bonchev–Trinajstić information content (AvgIpc) is 2.82. The van der Waals surface area contributed by atoms with Gasteiger partial charge in [-0.2, -0.15) is 0 Å². The summed E-state index contributed by atoms with van der Waals surface area (Å²) in [6.07, 6.45) is 0. The topological polar surface area (TPSA) is 81.2 Å².